The molecule has 0 amide bonds. The summed E-state index contributed by atoms with van der Waals surface area (Å²) in [6, 6.07) is 7.49. The molecular weight excluding hydrogens is 417 g/mol. The Bertz CT molecular complexity index is 762. The van der Waals surface area contributed by atoms with Gasteiger partial charge in [0.1, 0.15) is 0 Å². The van der Waals surface area contributed by atoms with E-state index in [2.05, 4.69) is 15.6 Å². The van der Waals surface area contributed by atoms with Crippen LogP contribution in [-0.4, -0.2) is 56.9 Å². The van der Waals surface area contributed by atoms with Gasteiger partial charge in [-0.2, -0.15) is 17.5 Å². The fourth-order valence-electron chi connectivity index (χ4n) is 2.93. The topological polar surface area (TPSA) is 73.8 Å². The third-order valence-electron chi connectivity index (χ3n) is 4.50. The van der Waals surface area contributed by atoms with Crippen LogP contribution in [0.3, 0.4) is 0 Å². The molecule has 28 heavy (non-hydrogen) atoms. The van der Waals surface area contributed by atoms with Crippen LogP contribution >= 0.6 is 11.6 Å². The Morgan fingerprint density at radius 2 is 1.86 bits per heavy atom. The molecule has 1 fully saturated rings. The molecule has 1 aliphatic rings. The minimum absolute atomic E-state index is 0.137. The number of piperidine rings is 1. The second-order valence-corrected chi connectivity index (χ2v) is 8.86. The second kappa shape index (κ2) is 9.80. The van der Waals surface area contributed by atoms with Gasteiger partial charge < -0.3 is 10.6 Å². The van der Waals surface area contributed by atoms with Gasteiger partial charge in [-0.25, -0.2) is 8.42 Å². The number of alkyl halides is 3. The van der Waals surface area contributed by atoms with Gasteiger partial charge in [-0.1, -0.05) is 23.7 Å². The largest absolute Gasteiger partial charge is 0.511 e. The Kier molecular flexibility index (Phi) is 7.97. The monoisotopic (exact) mass is 440 g/mol. The van der Waals surface area contributed by atoms with Gasteiger partial charge in [-0.15, -0.1) is 0 Å². The van der Waals surface area contributed by atoms with Crippen molar-refractivity contribution in [1.29, 1.82) is 0 Å². The van der Waals surface area contributed by atoms with E-state index >= 15 is 0 Å². The average molecular weight is 441 g/mol. The summed E-state index contributed by atoms with van der Waals surface area (Å²) >= 11 is 5.85. The molecule has 2 rings (SSSR count). The van der Waals surface area contributed by atoms with Gasteiger partial charge in [0.05, 0.1) is 0 Å². The SMILES string of the molecule is CN=C(NCCCc1ccc(Cl)cc1)NC1CCN(S(=O)(=O)C(F)(F)F)CC1. The summed E-state index contributed by atoms with van der Waals surface area (Å²) in [5, 5.41) is 7.00. The molecule has 0 saturated carbocycles. The summed E-state index contributed by atoms with van der Waals surface area (Å²) in [6.07, 6.45) is 2.29. The lowest BCUT2D eigenvalue weighted by molar-refractivity contribution is -0.0494. The lowest BCUT2D eigenvalue weighted by Crippen LogP contribution is -2.51. The van der Waals surface area contributed by atoms with Gasteiger partial charge in [-0.05, 0) is 43.4 Å². The lowest BCUT2D eigenvalue weighted by atomic mass is 10.1. The van der Waals surface area contributed by atoms with E-state index in [9.17, 15) is 21.6 Å². The van der Waals surface area contributed by atoms with Gasteiger partial charge in [0.2, 0.25) is 0 Å². The average Bonchev–Trinajstić information content (AvgIpc) is 2.65. The molecule has 0 spiro atoms. The van der Waals surface area contributed by atoms with Crippen molar-refractivity contribution in [2.24, 2.45) is 4.99 Å². The van der Waals surface area contributed by atoms with Crippen molar-refractivity contribution in [3.63, 3.8) is 0 Å². The van der Waals surface area contributed by atoms with Crippen molar-refractivity contribution >= 4 is 27.6 Å². The van der Waals surface area contributed by atoms with E-state index < -0.39 is 15.5 Å². The molecule has 0 unspecified atom stereocenters. The standard InChI is InChI=1S/C17H24ClF3N4O2S/c1-22-16(23-10-2-3-13-4-6-14(18)7-5-13)24-15-8-11-25(12-9-15)28(26,27)17(19,20)21/h4-7,15H,2-3,8-12H2,1H3,(H2,22,23,24). The van der Waals surface area contributed by atoms with Crippen molar-refractivity contribution in [1.82, 2.24) is 14.9 Å². The molecule has 1 aliphatic heterocycles. The Hall–Kier alpha value is -1.52. The van der Waals surface area contributed by atoms with Crippen LogP contribution in [0, 0.1) is 0 Å². The molecule has 158 valence electrons. The predicted octanol–water partition coefficient (Wildman–Crippen LogP) is 2.75. The number of rotatable bonds is 6. The molecule has 0 aliphatic carbocycles. The van der Waals surface area contributed by atoms with Gasteiger partial charge in [0, 0.05) is 37.7 Å². The van der Waals surface area contributed by atoms with Crippen LogP contribution in [0.1, 0.15) is 24.8 Å². The van der Waals surface area contributed by atoms with E-state index in [1.807, 2.05) is 24.3 Å². The number of sulfonamides is 1. The third-order valence-corrected chi connectivity index (χ3v) is 6.38. The zero-order valence-corrected chi connectivity index (χ0v) is 17.0. The Morgan fingerprint density at radius 3 is 2.39 bits per heavy atom. The van der Waals surface area contributed by atoms with Crippen LogP contribution in [0.2, 0.25) is 5.02 Å². The number of nitrogens with one attached hydrogen (secondary N) is 2. The molecule has 1 heterocycles. The van der Waals surface area contributed by atoms with Crippen molar-refractivity contribution < 1.29 is 21.6 Å². The van der Waals surface area contributed by atoms with Crippen molar-refractivity contribution in [2.45, 2.75) is 37.2 Å². The summed E-state index contributed by atoms with van der Waals surface area (Å²) in [4.78, 5) is 4.11. The molecule has 11 heteroatoms. The normalized spacial score (nSPS) is 17.5. The highest BCUT2D eigenvalue weighted by Crippen LogP contribution is 2.28. The molecule has 1 saturated heterocycles. The smallest absolute Gasteiger partial charge is 0.356 e. The van der Waals surface area contributed by atoms with Crippen LogP contribution in [0.4, 0.5) is 13.2 Å². The van der Waals surface area contributed by atoms with E-state index in [1.54, 1.807) is 7.05 Å². The number of halogens is 4. The molecule has 6 nitrogen and oxygen atoms in total. The first-order valence-electron chi connectivity index (χ1n) is 8.91. The number of hydrogen-bond acceptors (Lipinski definition) is 3. The first kappa shape index (κ1) is 22.8. The first-order chi connectivity index (χ1) is 13.1. The number of aliphatic imine (C=N–C) groups is 1. The number of guanidine groups is 1. The van der Waals surface area contributed by atoms with Gasteiger partial charge >= 0.3 is 15.5 Å². The molecule has 0 atom stereocenters. The fourth-order valence-corrected chi connectivity index (χ4v) is 4.04. The second-order valence-electron chi connectivity index (χ2n) is 6.50. The zero-order valence-electron chi connectivity index (χ0n) is 15.5. The maximum absolute atomic E-state index is 12.6. The third kappa shape index (κ3) is 6.25. The zero-order chi connectivity index (χ0) is 20.8. The Morgan fingerprint density at radius 1 is 1.25 bits per heavy atom. The van der Waals surface area contributed by atoms with Crippen LogP contribution in [0.15, 0.2) is 29.3 Å². The molecule has 0 radical (unpaired) electrons. The molecule has 1 aromatic carbocycles. The molecule has 0 aromatic heterocycles. The van der Waals surface area contributed by atoms with E-state index in [0.29, 0.717) is 21.8 Å². The minimum atomic E-state index is -5.26. The molecule has 2 N–H and O–H groups in total. The Labute approximate surface area is 168 Å². The maximum Gasteiger partial charge on any atom is 0.511 e. The van der Waals surface area contributed by atoms with E-state index in [4.69, 9.17) is 11.6 Å². The van der Waals surface area contributed by atoms with Crippen LogP contribution < -0.4 is 10.6 Å². The lowest BCUT2D eigenvalue weighted by Gasteiger charge is -2.32. The summed E-state index contributed by atoms with van der Waals surface area (Å²) in [5.41, 5.74) is -4.08. The summed E-state index contributed by atoms with van der Waals surface area (Å²) in [5.74, 6) is 0.549. The first-order valence-corrected chi connectivity index (χ1v) is 10.7. The molecule has 1 aromatic rings. The highest BCUT2D eigenvalue weighted by molar-refractivity contribution is 7.90. The quantitative estimate of drug-likeness (QED) is 0.405. The van der Waals surface area contributed by atoms with Gasteiger partial charge in [0.25, 0.3) is 0 Å². The Balaban J connectivity index is 1.73. The van der Waals surface area contributed by atoms with Crippen LogP contribution in [-0.2, 0) is 16.4 Å². The highest BCUT2D eigenvalue weighted by Gasteiger charge is 2.50. The van der Waals surface area contributed by atoms with E-state index in [1.165, 1.54) is 5.56 Å². The number of nitrogens with zero attached hydrogens (tertiary/aromatic N) is 2. The fraction of sp³-hybridized carbons (Fsp3) is 0.588. The molecular formula is C17H24ClF3N4O2S. The number of aryl methyl sites for hydroxylation is 1. The van der Waals surface area contributed by atoms with E-state index in [0.717, 1.165) is 12.8 Å². The summed E-state index contributed by atoms with van der Waals surface area (Å²) in [6.45, 7) is 0.323. The number of benzene rings is 1. The highest BCUT2D eigenvalue weighted by atomic mass is 35.5. The molecule has 0 bridgehead atoms. The van der Waals surface area contributed by atoms with Gasteiger partial charge in [-0.3, -0.25) is 4.99 Å². The summed E-state index contributed by atoms with van der Waals surface area (Å²) in [7, 11) is -3.64. The van der Waals surface area contributed by atoms with Gasteiger partial charge in [0.15, 0.2) is 5.96 Å². The van der Waals surface area contributed by atoms with Crippen molar-refractivity contribution in [3.8, 4) is 0 Å². The van der Waals surface area contributed by atoms with Crippen LogP contribution in [0.5, 0.6) is 0 Å². The van der Waals surface area contributed by atoms with Crippen molar-refractivity contribution in [2.75, 3.05) is 26.7 Å². The predicted molar refractivity (Wildman–Crippen MR) is 104 cm³/mol. The maximum atomic E-state index is 12.6. The van der Waals surface area contributed by atoms with E-state index in [-0.39, 0.29) is 32.0 Å². The number of hydrogen-bond donors (Lipinski definition) is 2. The summed E-state index contributed by atoms with van der Waals surface area (Å²) < 4.78 is 61.2. The van der Waals surface area contributed by atoms with Crippen molar-refractivity contribution in [3.05, 3.63) is 34.9 Å². The van der Waals surface area contributed by atoms with Crippen LogP contribution in [0.25, 0.3) is 0 Å². The minimum Gasteiger partial charge on any atom is -0.356 e.